The van der Waals surface area contributed by atoms with E-state index in [4.69, 9.17) is 16.3 Å². The minimum Gasteiger partial charge on any atom is -0.493 e. The van der Waals surface area contributed by atoms with Crippen LogP contribution in [0.15, 0.2) is 53.4 Å². The number of nitrogens with zero attached hydrogens (tertiary/aromatic N) is 3. The molecule has 2 aromatic carbocycles. The highest BCUT2D eigenvalue weighted by atomic mass is 35.5. The van der Waals surface area contributed by atoms with Crippen LogP contribution in [0.25, 0.3) is 5.70 Å². The minimum atomic E-state index is -0.439. The van der Waals surface area contributed by atoms with Gasteiger partial charge < -0.3 is 20.3 Å². The number of halogens is 2. The fourth-order valence-electron chi connectivity index (χ4n) is 3.12. The lowest BCUT2D eigenvalue weighted by Gasteiger charge is -2.21. The minimum absolute atomic E-state index is 0.248. The van der Waals surface area contributed by atoms with Gasteiger partial charge >= 0.3 is 6.03 Å². The van der Waals surface area contributed by atoms with E-state index in [1.165, 1.54) is 11.9 Å². The normalized spacial score (nSPS) is 12.0. The number of urea groups is 1. The molecular formula is C24H31ClFN5O2. The Labute approximate surface area is 199 Å². The van der Waals surface area contributed by atoms with E-state index in [1.807, 2.05) is 14.1 Å². The second-order valence-corrected chi connectivity index (χ2v) is 8.02. The molecule has 0 aliphatic carbocycles. The first-order chi connectivity index (χ1) is 15.7. The molecule has 33 heavy (non-hydrogen) atoms. The second kappa shape index (κ2) is 12.8. The van der Waals surface area contributed by atoms with Gasteiger partial charge in [-0.2, -0.15) is 5.10 Å². The zero-order valence-corrected chi connectivity index (χ0v) is 20.4. The standard InChI is InChI=1S/C24H31ClFN5O2/c1-6-27-31(5)23(17(2)26)21-16-20(12-13-22(21)33-15-7-14-30(3)4)29-24(32)28-19-10-8-18(25)9-11-19/h6,8-13,16H,7,14-15H2,1-5H3,(H2,28,29,32)/b23-17+,27-6-. The van der Waals surface area contributed by atoms with E-state index in [9.17, 15) is 9.18 Å². The van der Waals surface area contributed by atoms with Crippen LogP contribution < -0.4 is 15.4 Å². The summed E-state index contributed by atoms with van der Waals surface area (Å²) in [5, 5.41) is 11.7. The number of allylic oxidation sites excluding steroid dienone is 1. The third-order valence-electron chi connectivity index (χ3n) is 4.54. The summed E-state index contributed by atoms with van der Waals surface area (Å²) in [6.45, 7) is 4.44. The molecule has 0 aromatic heterocycles. The maximum absolute atomic E-state index is 14.6. The first-order valence-electron chi connectivity index (χ1n) is 10.6. The van der Waals surface area contributed by atoms with E-state index in [0.717, 1.165) is 13.0 Å². The number of ether oxygens (including phenoxy) is 1. The number of anilines is 2. The highest BCUT2D eigenvalue weighted by Gasteiger charge is 2.18. The monoisotopic (exact) mass is 475 g/mol. The first kappa shape index (κ1) is 26.2. The predicted octanol–water partition coefficient (Wildman–Crippen LogP) is 5.91. The molecule has 9 heteroatoms. The number of nitrogens with one attached hydrogen (secondary N) is 2. The van der Waals surface area contributed by atoms with Crippen molar-refractivity contribution in [1.29, 1.82) is 0 Å². The maximum Gasteiger partial charge on any atom is 0.323 e. The molecule has 0 radical (unpaired) electrons. The molecule has 0 saturated heterocycles. The van der Waals surface area contributed by atoms with E-state index in [1.54, 1.807) is 62.7 Å². The number of hydrazone groups is 1. The van der Waals surface area contributed by atoms with Gasteiger partial charge in [-0.1, -0.05) is 11.6 Å². The highest BCUT2D eigenvalue weighted by molar-refractivity contribution is 6.30. The molecule has 0 saturated carbocycles. The molecule has 0 heterocycles. The van der Waals surface area contributed by atoms with Crippen LogP contribution in [-0.4, -0.2) is 56.4 Å². The molecule has 0 bridgehead atoms. The van der Waals surface area contributed by atoms with Crippen molar-refractivity contribution in [2.75, 3.05) is 44.9 Å². The summed E-state index contributed by atoms with van der Waals surface area (Å²) in [5.74, 6) is 0.0755. The number of hydrogen-bond donors (Lipinski definition) is 2. The molecule has 2 aromatic rings. The van der Waals surface area contributed by atoms with Crippen molar-refractivity contribution < 1.29 is 13.9 Å². The van der Waals surface area contributed by atoms with Gasteiger partial charge in [0.2, 0.25) is 0 Å². The number of benzene rings is 2. The van der Waals surface area contributed by atoms with E-state index in [-0.39, 0.29) is 5.70 Å². The SMILES string of the molecule is C/C=N\N(C)/C(=C(\C)F)c1cc(NC(=O)Nc2ccc(Cl)cc2)ccc1OCCCN(C)C. The summed E-state index contributed by atoms with van der Waals surface area (Å²) in [6.07, 6.45) is 2.38. The summed E-state index contributed by atoms with van der Waals surface area (Å²) in [5.41, 5.74) is 1.80. The molecule has 0 aliphatic heterocycles. The smallest absolute Gasteiger partial charge is 0.323 e. The zero-order chi connectivity index (χ0) is 24.4. The van der Waals surface area contributed by atoms with Crippen molar-refractivity contribution in [3.05, 3.63) is 58.9 Å². The van der Waals surface area contributed by atoms with Gasteiger partial charge in [0.25, 0.3) is 0 Å². The summed E-state index contributed by atoms with van der Waals surface area (Å²) < 4.78 is 20.6. The Kier molecular flexibility index (Phi) is 10.2. The largest absolute Gasteiger partial charge is 0.493 e. The Morgan fingerprint density at radius 3 is 2.36 bits per heavy atom. The number of carbonyl (C=O) groups is 1. The molecule has 2 amide bonds. The van der Waals surface area contributed by atoms with Crippen molar-refractivity contribution in [3.63, 3.8) is 0 Å². The maximum atomic E-state index is 14.6. The first-order valence-corrected chi connectivity index (χ1v) is 10.9. The molecule has 0 aliphatic rings. The summed E-state index contributed by atoms with van der Waals surface area (Å²) in [7, 11) is 5.64. The molecule has 0 unspecified atom stereocenters. The van der Waals surface area contributed by atoms with Gasteiger partial charge in [-0.15, -0.1) is 0 Å². The van der Waals surface area contributed by atoms with Crippen LogP contribution >= 0.6 is 11.6 Å². The van der Waals surface area contributed by atoms with Gasteiger partial charge in [0.1, 0.15) is 17.3 Å². The van der Waals surface area contributed by atoms with E-state index in [0.29, 0.717) is 34.3 Å². The topological polar surface area (TPSA) is 69.2 Å². The molecule has 2 N–H and O–H groups in total. The van der Waals surface area contributed by atoms with E-state index in [2.05, 4.69) is 20.6 Å². The van der Waals surface area contributed by atoms with Gasteiger partial charge in [0.05, 0.1) is 6.61 Å². The number of rotatable bonds is 10. The Bertz CT molecular complexity index is 989. The van der Waals surface area contributed by atoms with Crippen molar-refractivity contribution in [2.24, 2.45) is 5.10 Å². The molecule has 0 spiro atoms. The molecule has 0 atom stereocenters. The van der Waals surface area contributed by atoms with Crippen LogP contribution in [0.2, 0.25) is 5.02 Å². The third kappa shape index (κ3) is 8.40. The summed E-state index contributed by atoms with van der Waals surface area (Å²) >= 11 is 5.88. The van der Waals surface area contributed by atoms with Crippen LogP contribution in [0, 0.1) is 0 Å². The van der Waals surface area contributed by atoms with Gasteiger partial charge in [0.15, 0.2) is 0 Å². The third-order valence-corrected chi connectivity index (χ3v) is 4.79. The summed E-state index contributed by atoms with van der Waals surface area (Å²) in [4.78, 5) is 14.5. The molecule has 0 fully saturated rings. The molecule has 7 nitrogen and oxygen atoms in total. The molecule has 2 rings (SSSR count). The van der Waals surface area contributed by atoms with E-state index < -0.39 is 11.9 Å². The number of hydrogen-bond acceptors (Lipinski definition) is 5. The van der Waals surface area contributed by atoms with Gasteiger partial charge in [-0.05, 0) is 76.8 Å². The Morgan fingerprint density at radius 1 is 1.12 bits per heavy atom. The van der Waals surface area contributed by atoms with Crippen LogP contribution in [0.4, 0.5) is 20.6 Å². The van der Waals surface area contributed by atoms with Crippen LogP contribution in [0.1, 0.15) is 25.8 Å². The molecule has 178 valence electrons. The molecular weight excluding hydrogens is 445 g/mol. The van der Waals surface area contributed by atoms with Crippen molar-refractivity contribution in [1.82, 2.24) is 9.91 Å². The Hall–Kier alpha value is -3.10. The lowest BCUT2D eigenvalue weighted by Crippen LogP contribution is -2.20. The lowest BCUT2D eigenvalue weighted by atomic mass is 10.1. The quantitative estimate of drug-likeness (QED) is 0.254. The average molecular weight is 476 g/mol. The zero-order valence-electron chi connectivity index (χ0n) is 19.7. The number of carbonyl (C=O) groups excluding carboxylic acids is 1. The van der Waals surface area contributed by atoms with Crippen molar-refractivity contribution >= 4 is 40.9 Å². The second-order valence-electron chi connectivity index (χ2n) is 7.58. The lowest BCUT2D eigenvalue weighted by molar-refractivity contribution is 0.262. The average Bonchev–Trinajstić information content (AvgIpc) is 2.74. The summed E-state index contributed by atoms with van der Waals surface area (Å²) in [6, 6.07) is 11.4. The van der Waals surface area contributed by atoms with E-state index >= 15 is 0 Å². The van der Waals surface area contributed by atoms with Crippen LogP contribution in [0.3, 0.4) is 0 Å². The van der Waals surface area contributed by atoms with Crippen molar-refractivity contribution in [2.45, 2.75) is 20.3 Å². The Balaban J connectivity index is 2.29. The van der Waals surface area contributed by atoms with Gasteiger partial charge in [0, 0.05) is 41.8 Å². The van der Waals surface area contributed by atoms with Crippen molar-refractivity contribution in [3.8, 4) is 5.75 Å². The van der Waals surface area contributed by atoms with Gasteiger partial charge in [-0.3, -0.25) is 5.01 Å². The fourth-order valence-corrected chi connectivity index (χ4v) is 3.25. The van der Waals surface area contributed by atoms with Gasteiger partial charge in [-0.25, -0.2) is 9.18 Å². The number of amides is 2. The predicted molar refractivity (Wildman–Crippen MR) is 135 cm³/mol. The Morgan fingerprint density at radius 2 is 1.76 bits per heavy atom. The fraction of sp³-hybridized carbons (Fsp3) is 0.333. The van der Waals surface area contributed by atoms with Crippen LogP contribution in [-0.2, 0) is 0 Å². The van der Waals surface area contributed by atoms with Crippen LogP contribution in [0.5, 0.6) is 5.75 Å². The highest BCUT2D eigenvalue weighted by Crippen LogP contribution is 2.34.